The highest BCUT2D eigenvalue weighted by molar-refractivity contribution is 7.10. The molecule has 1 aromatic heterocycles. The first kappa shape index (κ1) is 21.2. The molecule has 0 unspecified atom stereocenters. The van der Waals surface area contributed by atoms with E-state index in [1.54, 1.807) is 4.90 Å². The number of esters is 1. The van der Waals surface area contributed by atoms with Crippen LogP contribution in [-0.2, 0) is 22.3 Å². The Hall–Kier alpha value is -2.47. The molecule has 13 heteroatoms. The van der Waals surface area contributed by atoms with E-state index in [4.69, 9.17) is 16.3 Å². The molecule has 0 aliphatic carbocycles. The third-order valence-electron chi connectivity index (χ3n) is 4.53. The minimum atomic E-state index is -4.67. The number of nitro groups is 1. The van der Waals surface area contributed by atoms with E-state index in [1.165, 1.54) is 0 Å². The molecule has 0 saturated carbocycles. The largest absolute Gasteiger partial charge is 0.459 e. The highest BCUT2D eigenvalue weighted by Crippen LogP contribution is 2.37. The minimum Gasteiger partial charge on any atom is -0.459 e. The van der Waals surface area contributed by atoms with Gasteiger partial charge in [-0.2, -0.15) is 13.2 Å². The average Bonchev–Trinajstić information content (AvgIpc) is 3.10. The summed E-state index contributed by atoms with van der Waals surface area (Å²) in [5.74, 6) is -0.874. The van der Waals surface area contributed by atoms with Gasteiger partial charge in [-0.15, -0.1) is 5.10 Å². The summed E-state index contributed by atoms with van der Waals surface area (Å²) in [5, 5.41) is 15.0. The average molecular weight is 451 g/mol. The lowest BCUT2D eigenvalue weighted by atomic mass is 9.96. The van der Waals surface area contributed by atoms with Gasteiger partial charge in [0.2, 0.25) is 0 Å². The van der Waals surface area contributed by atoms with E-state index >= 15 is 0 Å². The monoisotopic (exact) mass is 450 g/mol. The number of aromatic nitrogens is 2. The zero-order chi connectivity index (χ0) is 21.2. The van der Waals surface area contributed by atoms with Crippen LogP contribution in [0.25, 0.3) is 0 Å². The van der Waals surface area contributed by atoms with Crippen LogP contribution in [0.3, 0.4) is 0 Å². The summed E-state index contributed by atoms with van der Waals surface area (Å²) in [6.07, 6.45) is -3.98. The lowest BCUT2D eigenvalue weighted by Crippen LogP contribution is -2.37. The van der Waals surface area contributed by atoms with Gasteiger partial charge in [0, 0.05) is 30.7 Å². The Kier molecular flexibility index (Phi) is 6.22. The third-order valence-corrected chi connectivity index (χ3v) is 5.51. The predicted octanol–water partition coefficient (Wildman–Crippen LogP) is 4.08. The van der Waals surface area contributed by atoms with Crippen LogP contribution in [0.5, 0.6) is 0 Å². The number of carbonyl (C=O) groups is 1. The van der Waals surface area contributed by atoms with Crippen LogP contribution in [0.15, 0.2) is 18.2 Å². The number of anilines is 1. The van der Waals surface area contributed by atoms with E-state index in [9.17, 15) is 28.1 Å². The second kappa shape index (κ2) is 8.49. The molecule has 2 heterocycles. The van der Waals surface area contributed by atoms with Gasteiger partial charge in [-0.25, -0.2) is 0 Å². The lowest BCUT2D eigenvalue weighted by molar-refractivity contribution is -0.384. The van der Waals surface area contributed by atoms with E-state index in [0.29, 0.717) is 28.9 Å². The van der Waals surface area contributed by atoms with Crippen LogP contribution in [0.2, 0.25) is 4.34 Å². The molecular weight excluding hydrogens is 437 g/mol. The first-order valence-electron chi connectivity index (χ1n) is 8.40. The van der Waals surface area contributed by atoms with Crippen LogP contribution < -0.4 is 4.90 Å². The molecule has 1 aliphatic heterocycles. The Labute approximate surface area is 171 Å². The van der Waals surface area contributed by atoms with Crippen molar-refractivity contribution in [2.75, 3.05) is 18.0 Å². The summed E-state index contributed by atoms with van der Waals surface area (Å²) in [6, 6.07) is 2.44. The normalized spacial score (nSPS) is 15.4. The molecular formula is C16H14ClF3N4O4S. The van der Waals surface area contributed by atoms with Crippen molar-refractivity contribution in [3.63, 3.8) is 0 Å². The van der Waals surface area contributed by atoms with Gasteiger partial charge >= 0.3 is 12.1 Å². The van der Waals surface area contributed by atoms with Gasteiger partial charge in [0.05, 0.1) is 16.4 Å². The van der Waals surface area contributed by atoms with Crippen molar-refractivity contribution in [3.8, 4) is 0 Å². The molecule has 0 amide bonds. The van der Waals surface area contributed by atoms with Crippen LogP contribution >= 0.6 is 23.1 Å². The van der Waals surface area contributed by atoms with Crippen molar-refractivity contribution in [3.05, 3.63) is 43.9 Å². The van der Waals surface area contributed by atoms with Crippen LogP contribution in [-0.4, -0.2) is 33.6 Å². The van der Waals surface area contributed by atoms with Gasteiger partial charge in [-0.05, 0) is 25.0 Å². The number of ether oxygens (including phenoxy) is 1. The van der Waals surface area contributed by atoms with Crippen molar-refractivity contribution in [2.24, 2.45) is 5.92 Å². The zero-order valence-electron chi connectivity index (χ0n) is 14.7. The zero-order valence-corrected chi connectivity index (χ0v) is 16.3. The molecule has 1 aromatic carbocycles. The maximum atomic E-state index is 12.8. The number of halogens is 4. The summed E-state index contributed by atoms with van der Waals surface area (Å²) in [5.41, 5.74) is -1.24. The summed E-state index contributed by atoms with van der Waals surface area (Å²) >= 11 is 6.82. The smallest absolute Gasteiger partial charge is 0.416 e. The van der Waals surface area contributed by atoms with E-state index < -0.39 is 34.2 Å². The molecule has 0 bridgehead atoms. The molecule has 0 atom stereocenters. The van der Waals surface area contributed by atoms with Crippen molar-refractivity contribution < 1.29 is 27.6 Å². The maximum Gasteiger partial charge on any atom is 0.416 e. The maximum absolute atomic E-state index is 12.8. The molecule has 156 valence electrons. The second-order valence-corrected chi connectivity index (χ2v) is 7.68. The van der Waals surface area contributed by atoms with Gasteiger partial charge in [0.15, 0.2) is 0 Å². The number of benzene rings is 1. The topological polar surface area (TPSA) is 98.5 Å². The Balaban J connectivity index is 1.63. The number of alkyl halides is 3. The standard InChI is InChI=1S/C16H14ClF3N4O4S/c17-14-11(21-22-29-14)8-28-15(25)9-3-5-23(6-4-9)12-2-1-10(16(18,19)20)7-13(12)24(26)27/h1-2,7,9H,3-6,8H2. The first-order valence-corrected chi connectivity index (χ1v) is 9.56. The fraction of sp³-hybridized carbons (Fsp3) is 0.438. The molecule has 1 fully saturated rings. The molecule has 1 aliphatic rings. The van der Waals surface area contributed by atoms with Gasteiger partial charge in [-0.3, -0.25) is 14.9 Å². The number of hydrogen-bond donors (Lipinski definition) is 0. The summed E-state index contributed by atoms with van der Waals surface area (Å²) < 4.78 is 47.7. The van der Waals surface area contributed by atoms with Crippen molar-refractivity contribution in [1.82, 2.24) is 9.59 Å². The quantitative estimate of drug-likeness (QED) is 0.384. The molecule has 8 nitrogen and oxygen atoms in total. The second-order valence-electron chi connectivity index (χ2n) is 6.32. The number of hydrogen-bond acceptors (Lipinski definition) is 8. The molecule has 0 N–H and O–H groups in total. The number of piperidine rings is 1. The molecule has 2 aromatic rings. The van der Waals surface area contributed by atoms with E-state index in [1.807, 2.05) is 0 Å². The summed E-state index contributed by atoms with van der Waals surface area (Å²) in [4.78, 5) is 24.2. The van der Waals surface area contributed by atoms with Gasteiger partial charge in [0.1, 0.15) is 22.3 Å². The molecule has 1 saturated heterocycles. The highest BCUT2D eigenvalue weighted by atomic mass is 35.5. The van der Waals surface area contributed by atoms with Crippen LogP contribution in [0.1, 0.15) is 24.1 Å². The highest BCUT2D eigenvalue weighted by Gasteiger charge is 2.35. The third kappa shape index (κ3) is 4.93. The SMILES string of the molecule is O=C(OCc1nnsc1Cl)C1CCN(c2ccc(C(F)(F)F)cc2[N+](=O)[O-])CC1. The molecule has 0 radical (unpaired) electrons. The molecule has 3 rings (SSSR count). The number of rotatable bonds is 5. The molecule has 29 heavy (non-hydrogen) atoms. The van der Waals surface area contributed by atoms with E-state index in [-0.39, 0.29) is 25.4 Å². The number of nitrogens with zero attached hydrogens (tertiary/aromatic N) is 4. The Morgan fingerprint density at radius 2 is 2.07 bits per heavy atom. The van der Waals surface area contributed by atoms with Gasteiger partial charge in [-0.1, -0.05) is 16.1 Å². The van der Waals surface area contributed by atoms with Crippen molar-refractivity contribution in [2.45, 2.75) is 25.6 Å². The number of carbonyl (C=O) groups excluding carboxylic acids is 1. The van der Waals surface area contributed by atoms with Crippen LogP contribution in [0, 0.1) is 16.0 Å². The van der Waals surface area contributed by atoms with Crippen molar-refractivity contribution in [1.29, 1.82) is 0 Å². The molecule has 0 spiro atoms. The lowest BCUT2D eigenvalue weighted by Gasteiger charge is -2.32. The first-order chi connectivity index (χ1) is 13.7. The van der Waals surface area contributed by atoms with Gasteiger partial charge in [0.25, 0.3) is 5.69 Å². The minimum absolute atomic E-state index is 0.0927. The van der Waals surface area contributed by atoms with Crippen LogP contribution in [0.4, 0.5) is 24.5 Å². The summed E-state index contributed by atoms with van der Waals surface area (Å²) in [6.45, 7) is 0.439. The van der Waals surface area contributed by atoms with E-state index in [0.717, 1.165) is 23.7 Å². The Morgan fingerprint density at radius 1 is 1.38 bits per heavy atom. The van der Waals surface area contributed by atoms with Gasteiger partial charge < -0.3 is 9.64 Å². The Bertz CT molecular complexity index is 916. The fourth-order valence-corrected chi connectivity index (χ4v) is 3.61. The number of nitro benzene ring substituents is 1. The van der Waals surface area contributed by atoms with E-state index in [2.05, 4.69) is 9.59 Å². The fourth-order valence-electron chi connectivity index (χ4n) is 3.01. The predicted molar refractivity (Wildman–Crippen MR) is 97.8 cm³/mol. The van der Waals surface area contributed by atoms with Crippen molar-refractivity contribution >= 4 is 40.5 Å². The Morgan fingerprint density at radius 3 is 2.62 bits per heavy atom. The summed E-state index contributed by atoms with van der Waals surface area (Å²) in [7, 11) is 0.